The molecule has 0 bridgehead atoms. The average Bonchev–Trinajstić information content (AvgIpc) is 2.83. The van der Waals surface area contributed by atoms with Gasteiger partial charge in [-0.25, -0.2) is 4.68 Å². The SMILES string of the molecule is CCc1ccccc1Cn1nnc2c1CCNC2. The van der Waals surface area contributed by atoms with Crippen LogP contribution in [-0.4, -0.2) is 21.5 Å². The summed E-state index contributed by atoms with van der Waals surface area (Å²) in [6.45, 7) is 4.91. The summed E-state index contributed by atoms with van der Waals surface area (Å²) in [6.07, 6.45) is 2.09. The van der Waals surface area contributed by atoms with Gasteiger partial charge in [0.05, 0.1) is 17.9 Å². The molecule has 0 spiro atoms. The smallest absolute Gasteiger partial charge is 0.0997 e. The Bertz CT molecular complexity index is 544. The largest absolute Gasteiger partial charge is 0.311 e. The third kappa shape index (κ3) is 2.04. The first kappa shape index (κ1) is 11.4. The van der Waals surface area contributed by atoms with Crippen LogP contribution in [0.2, 0.25) is 0 Å². The molecule has 0 amide bonds. The predicted molar refractivity (Wildman–Crippen MR) is 70.4 cm³/mol. The summed E-state index contributed by atoms with van der Waals surface area (Å²) in [5.74, 6) is 0. The molecule has 0 unspecified atom stereocenters. The Labute approximate surface area is 107 Å². The van der Waals surface area contributed by atoms with Crippen LogP contribution in [0.15, 0.2) is 24.3 Å². The van der Waals surface area contributed by atoms with Crippen LogP contribution in [0.5, 0.6) is 0 Å². The Morgan fingerprint density at radius 3 is 2.94 bits per heavy atom. The molecule has 0 fully saturated rings. The summed E-state index contributed by atoms with van der Waals surface area (Å²) < 4.78 is 2.06. The zero-order chi connectivity index (χ0) is 12.4. The van der Waals surface area contributed by atoms with E-state index in [1.807, 2.05) is 0 Å². The average molecular weight is 242 g/mol. The van der Waals surface area contributed by atoms with E-state index in [4.69, 9.17) is 0 Å². The molecule has 4 nitrogen and oxygen atoms in total. The van der Waals surface area contributed by atoms with Crippen LogP contribution in [0.4, 0.5) is 0 Å². The highest BCUT2D eigenvalue weighted by atomic mass is 15.4. The minimum Gasteiger partial charge on any atom is -0.311 e. The lowest BCUT2D eigenvalue weighted by Crippen LogP contribution is -2.25. The fourth-order valence-corrected chi connectivity index (χ4v) is 2.54. The summed E-state index contributed by atoms with van der Waals surface area (Å²) in [5, 5.41) is 11.9. The Kier molecular flexibility index (Phi) is 3.11. The van der Waals surface area contributed by atoms with E-state index in [2.05, 4.69) is 51.5 Å². The molecule has 0 radical (unpaired) electrons. The molecule has 2 aromatic rings. The van der Waals surface area contributed by atoms with Crippen molar-refractivity contribution in [2.45, 2.75) is 32.9 Å². The maximum Gasteiger partial charge on any atom is 0.0997 e. The van der Waals surface area contributed by atoms with Crippen LogP contribution in [0.25, 0.3) is 0 Å². The molecule has 1 aliphatic heterocycles. The van der Waals surface area contributed by atoms with Crippen LogP contribution in [0.3, 0.4) is 0 Å². The number of aryl methyl sites for hydroxylation is 1. The maximum atomic E-state index is 4.30. The van der Waals surface area contributed by atoms with Gasteiger partial charge in [-0.2, -0.15) is 0 Å². The Morgan fingerprint density at radius 1 is 1.28 bits per heavy atom. The second-order valence-corrected chi connectivity index (χ2v) is 4.69. The number of aromatic nitrogens is 3. The minimum absolute atomic E-state index is 0.840. The number of nitrogens with one attached hydrogen (secondary N) is 1. The van der Waals surface area contributed by atoms with Crippen LogP contribution in [0.1, 0.15) is 29.4 Å². The van der Waals surface area contributed by atoms with E-state index in [0.717, 1.165) is 38.2 Å². The first-order chi connectivity index (χ1) is 8.88. The fraction of sp³-hybridized carbons (Fsp3) is 0.429. The van der Waals surface area contributed by atoms with E-state index in [1.165, 1.54) is 16.8 Å². The molecular formula is C14H18N4. The molecule has 1 aromatic carbocycles. The molecule has 0 saturated heterocycles. The topological polar surface area (TPSA) is 42.7 Å². The van der Waals surface area contributed by atoms with Gasteiger partial charge in [0.2, 0.25) is 0 Å². The number of hydrogen-bond acceptors (Lipinski definition) is 3. The van der Waals surface area contributed by atoms with Gasteiger partial charge in [-0.15, -0.1) is 5.10 Å². The van der Waals surface area contributed by atoms with Crippen molar-refractivity contribution in [3.05, 3.63) is 46.8 Å². The second-order valence-electron chi connectivity index (χ2n) is 4.69. The van der Waals surface area contributed by atoms with Crippen LogP contribution in [0, 0.1) is 0 Å². The molecule has 1 N–H and O–H groups in total. The number of fused-ring (bicyclic) bond motifs is 1. The minimum atomic E-state index is 0.840. The zero-order valence-corrected chi connectivity index (χ0v) is 10.7. The summed E-state index contributed by atoms with van der Waals surface area (Å²) in [5.41, 5.74) is 5.15. The fourth-order valence-electron chi connectivity index (χ4n) is 2.54. The zero-order valence-electron chi connectivity index (χ0n) is 10.7. The van der Waals surface area contributed by atoms with E-state index < -0.39 is 0 Å². The van der Waals surface area contributed by atoms with E-state index in [-0.39, 0.29) is 0 Å². The maximum absolute atomic E-state index is 4.30. The van der Waals surface area contributed by atoms with Gasteiger partial charge in [0.1, 0.15) is 0 Å². The molecule has 1 aliphatic rings. The highest BCUT2D eigenvalue weighted by molar-refractivity contribution is 5.28. The number of nitrogens with zero attached hydrogens (tertiary/aromatic N) is 3. The standard InChI is InChI=1S/C14H18N4/c1-2-11-5-3-4-6-12(11)10-18-14-7-8-15-9-13(14)16-17-18/h3-6,15H,2,7-10H2,1H3. The van der Waals surface area contributed by atoms with Gasteiger partial charge in [-0.3, -0.25) is 0 Å². The normalized spacial score (nSPS) is 14.5. The van der Waals surface area contributed by atoms with Crippen molar-refractivity contribution in [2.75, 3.05) is 6.54 Å². The van der Waals surface area contributed by atoms with Crippen molar-refractivity contribution < 1.29 is 0 Å². The van der Waals surface area contributed by atoms with Gasteiger partial charge < -0.3 is 5.32 Å². The highest BCUT2D eigenvalue weighted by Gasteiger charge is 2.16. The summed E-state index contributed by atoms with van der Waals surface area (Å²) >= 11 is 0. The van der Waals surface area contributed by atoms with E-state index >= 15 is 0 Å². The van der Waals surface area contributed by atoms with E-state index in [0.29, 0.717) is 0 Å². The Hall–Kier alpha value is -1.68. The third-order valence-corrected chi connectivity index (χ3v) is 3.57. The summed E-state index contributed by atoms with van der Waals surface area (Å²) in [6, 6.07) is 8.58. The first-order valence-corrected chi connectivity index (χ1v) is 6.57. The van der Waals surface area contributed by atoms with Gasteiger partial charge in [0.25, 0.3) is 0 Å². The van der Waals surface area contributed by atoms with Crippen molar-refractivity contribution in [2.24, 2.45) is 0 Å². The van der Waals surface area contributed by atoms with Crippen molar-refractivity contribution in [3.63, 3.8) is 0 Å². The van der Waals surface area contributed by atoms with Gasteiger partial charge in [0, 0.05) is 19.5 Å². The quantitative estimate of drug-likeness (QED) is 0.887. The monoisotopic (exact) mass is 242 g/mol. The highest BCUT2D eigenvalue weighted by Crippen LogP contribution is 2.15. The molecular weight excluding hydrogens is 224 g/mol. The van der Waals surface area contributed by atoms with E-state index in [9.17, 15) is 0 Å². The number of rotatable bonds is 3. The molecule has 4 heteroatoms. The van der Waals surface area contributed by atoms with Gasteiger partial charge in [-0.1, -0.05) is 36.4 Å². The lowest BCUT2D eigenvalue weighted by molar-refractivity contribution is 0.580. The molecule has 0 saturated carbocycles. The number of hydrogen-bond donors (Lipinski definition) is 1. The lowest BCUT2D eigenvalue weighted by atomic mass is 10.1. The Morgan fingerprint density at radius 2 is 2.11 bits per heavy atom. The third-order valence-electron chi connectivity index (χ3n) is 3.57. The molecule has 2 heterocycles. The first-order valence-electron chi connectivity index (χ1n) is 6.57. The second kappa shape index (κ2) is 4.90. The van der Waals surface area contributed by atoms with Gasteiger partial charge in [-0.05, 0) is 17.5 Å². The van der Waals surface area contributed by atoms with Crippen LogP contribution in [-0.2, 0) is 25.9 Å². The van der Waals surface area contributed by atoms with Crippen LogP contribution >= 0.6 is 0 Å². The lowest BCUT2D eigenvalue weighted by Gasteiger charge is -2.14. The van der Waals surface area contributed by atoms with Crippen molar-refractivity contribution in [1.29, 1.82) is 0 Å². The Balaban J connectivity index is 1.90. The molecule has 1 aromatic heterocycles. The summed E-state index contributed by atoms with van der Waals surface area (Å²) in [4.78, 5) is 0. The number of benzene rings is 1. The molecule has 94 valence electrons. The van der Waals surface area contributed by atoms with Crippen LogP contribution < -0.4 is 5.32 Å². The van der Waals surface area contributed by atoms with Crippen molar-refractivity contribution >= 4 is 0 Å². The predicted octanol–water partition coefficient (Wildman–Crippen LogP) is 1.53. The van der Waals surface area contributed by atoms with Crippen molar-refractivity contribution in [3.8, 4) is 0 Å². The van der Waals surface area contributed by atoms with Crippen molar-refractivity contribution in [1.82, 2.24) is 20.3 Å². The molecule has 0 aliphatic carbocycles. The van der Waals surface area contributed by atoms with E-state index in [1.54, 1.807) is 0 Å². The van der Waals surface area contributed by atoms with Gasteiger partial charge in [0.15, 0.2) is 0 Å². The summed E-state index contributed by atoms with van der Waals surface area (Å²) in [7, 11) is 0. The molecule has 18 heavy (non-hydrogen) atoms. The van der Waals surface area contributed by atoms with Gasteiger partial charge >= 0.3 is 0 Å². The molecule has 3 rings (SSSR count). The molecule has 0 atom stereocenters.